The van der Waals surface area contributed by atoms with Crippen molar-refractivity contribution in [2.75, 3.05) is 19.6 Å². The smallest absolute Gasteiger partial charge is 0.317 e. The molecular weight excluding hydrogens is 308 g/mol. The van der Waals surface area contributed by atoms with E-state index in [1.807, 2.05) is 17.0 Å². The predicted molar refractivity (Wildman–Crippen MR) is 103 cm³/mol. The number of benzene rings is 2. The van der Waals surface area contributed by atoms with Gasteiger partial charge < -0.3 is 10.2 Å². The molecule has 1 heterocycles. The minimum Gasteiger partial charge on any atom is -0.338 e. The minimum atomic E-state index is 0.0896. The predicted octanol–water partition coefficient (Wildman–Crippen LogP) is 4.65. The van der Waals surface area contributed by atoms with E-state index in [4.69, 9.17) is 0 Å². The summed E-state index contributed by atoms with van der Waals surface area (Å²) in [4.78, 5) is 14.3. The lowest BCUT2D eigenvalue weighted by atomic mass is 9.88. The SMILES string of the molecule is CC1CCN(C(=O)NCCC(c2ccccc2)c2ccccc2)CC1. The Morgan fingerprint density at radius 3 is 2.04 bits per heavy atom. The molecule has 0 bridgehead atoms. The first-order chi connectivity index (χ1) is 12.2. The van der Waals surface area contributed by atoms with Gasteiger partial charge in [-0.25, -0.2) is 4.79 Å². The van der Waals surface area contributed by atoms with Crippen LogP contribution < -0.4 is 5.32 Å². The van der Waals surface area contributed by atoms with Crippen LogP contribution >= 0.6 is 0 Å². The Labute approximate surface area is 151 Å². The highest BCUT2D eigenvalue weighted by molar-refractivity contribution is 5.74. The molecule has 0 radical (unpaired) electrons. The number of nitrogens with one attached hydrogen (secondary N) is 1. The van der Waals surface area contributed by atoms with Gasteiger partial charge in [0.15, 0.2) is 0 Å². The highest BCUT2D eigenvalue weighted by atomic mass is 16.2. The summed E-state index contributed by atoms with van der Waals surface area (Å²) in [7, 11) is 0. The number of hydrogen-bond acceptors (Lipinski definition) is 1. The van der Waals surface area contributed by atoms with Gasteiger partial charge in [0, 0.05) is 25.6 Å². The van der Waals surface area contributed by atoms with Crippen LogP contribution in [0.3, 0.4) is 0 Å². The molecule has 0 saturated carbocycles. The van der Waals surface area contributed by atoms with Gasteiger partial charge in [0.2, 0.25) is 0 Å². The quantitative estimate of drug-likeness (QED) is 0.847. The van der Waals surface area contributed by atoms with E-state index >= 15 is 0 Å². The Balaban J connectivity index is 1.59. The fraction of sp³-hybridized carbons (Fsp3) is 0.409. The second kappa shape index (κ2) is 8.70. The zero-order valence-corrected chi connectivity index (χ0v) is 15.0. The number of carbonyl (C=O) groups excluding carboxylic acids is 1. The number of nitrogens with zero attached hydrogens (tertiary/aromatic N) is 1. The maximum absolute atomic E-state index is 12.4. The van der Waals surface area contributed by atoms with E-state index < -0.39 is 0 Å². The van der Waals surface area contributed by atoms with Gasteiger partial charge in [0.25, 0.3) is 0 Å². The summed E-state index contributed by atoms with van der Waals surface area (Å²) in [5.41, 5.74) is 2.60. The van der Waals surface area contributed by atoms with Gasteiger partial charge in [-0.2, -0.15) is 0 Å². The van der Waals surface area contributed by atoms with Gasteiger partial charge >= 0.3 is 6.03 Å². The lowest BCUT2D eigenvalue weighted by Gasteiger charge is -2.30. The topological polar surface area (TPSA) is 32.3 Å². The number of hydrogen-bond donors (Lipinski definition) is 1. The van der Waals surface area contributed by atoms with Gasteiger partial charge in [-0.05, 0) is 36.3 Å². The zero-order valence-electron chi connectivity index (χ0n) is 15.0. The highest BCUT2D eigenvalue weighted by Crippen LogP contribution is 2.27. The monoisotopic (exact) mass is 336 g/mol. The molecule has 2 aromatic carbocycles. The van der Waals surface area contributed by atoms with E-state index in [0.717, 1.165) is 38.3 Å². The second-order valence-electron chi connectivity index (χ2n) is 7.06. The standard InChI is InChI=1S/C22H28N2O/c1-18-13-16-24(17-14-18)22(25)23-15-12-21(19-8-4-2-5-9-19)20-10-6-3-7-11-20/h2-11,18,21H,12-17H2,1H3,(H,23,25). The Morgan fingerprint density at radius 1 is 1.00 bits per heavy atom. The lowest BCUT2D eigenvalue weighted by Crippen LogP contribution is -2.44. The van der Waals surface area contributed by atoms with Gasteiger partial charge in [-0.3, -0.25) is 0 Å². The normalized spacial score (nSPS) is 15.4. The Bertz CT molecular complexity index is 609. The largest absolute Gasteiger partial charge is 0.338 e. The first-order valence-electron chi connectivity index (χ1n) is 9.36. The maximum atomic E-state index is 12.4. The number of likely N-dealkylation sites (tertiary alicyclic amines) is 1. The van der Waals surface area contributed by atoms with Crippen molar-refractivity contribution in [2.24, 2.45) is 5.92 Å². The molecule has 1 saturated heterocycles. The number of urea groups is 1. The summed E-state index contributed by atoms with van der Waals surface area (Å²) in [6, 6.07) is 21.2. The summed E-state index contributed by atoms with van der Waals surface area (Å²) < 4.78 is 0. The van der Waals surface area contributed by atoms with Crippen LogP contribution in [-0.4, -0.2) is 30.6 Å². The van der Waals surface area contributed by atoms with Crippen LogP contribution in [0.1, 0.15) is 43.2 Å². The van der Waals surface area contributed by atoms with Crippen molar-refractivity contribution in [1.29, 1.82) is 0 Å². The summed E-state index contributed by atoms with van der Waals surface area (Å²) in [6.07, 6.45) is 3.14. The van der Waals surface area contributed by atoms with E-state index in [1.165, 1.54) is 11.1 Å². The molecule has 0 spiro atoms. The minimum absolute atomic E-state index is 0.0896. The molecule has 0 atom stereocenters. The third-order valence-electron chi connectivity index (χ3n) is 5.18. The van der Waals surface area contributed by atoms with E-state index in [0.29, 0.717) is 12.5 Å². The Morgan fingerprint density at radius 2 is 1.52 bits per heavy atom. The third-order valence-corrected chi connectivity index (χ3v) is 5.18. The van der Waals surface area contributed by atoms with Crippen molar-refractivity contribution in [3.63, 3.8) is 0 Å². The van der Waals surface area contributed by atoms with Crippen molar-refractivity contribution in [3.05, 3.63) is 71.8 Å². The maximum Gasteiger partial charge on any atom is 0.317 e. The molecule has 0 aromatic heterocycles. The molecule has 0 unspecified atom stereocenters. The molecule has 1 aliphatic heterocycles. The van der Waals surface area contributed by atoms with E-state index in [1.54, 1.807) is 0 Å². The van der Waals surface area contributed by atoms with Crippen LogP contribution in [-0.2, 0) is 0 Å². The van der Waals surface area contributed by atoms with Crippen LogP contribution in [0.4, 0.5) is 4.79 Å². The average Bonchev–Trinajstić information content (AvgIpc) is 2.67. The summed E-state index contributed by atoms with van der Waals surface area (Å²) in [5.74, 6) is 1.05. The third kappa shape index (κ3) is 4.85. The molecule has 2 amide bonds. The Kier molecular flexibility index (Phi) is 6.10. The summed E-state index contributed by atoms with van der Waals surface area (Å²) in [6.45, 7) is 4.72. The molecule has 1 fully saturated rings. The summed E-state index contributed by atoms with van der Waals surface area (Å²) in [5, 5.41) is 3.12. The van der Waals surface area contributed by atoms with Gasteiger partial charge in [0.05, 0.1) is 0 Å². The number of piperidine rings is 1. The molecule has 3 rings (SSSR count). The molecule has 0 aliphatic carbocycles. The molecule has 1 aliphatic rings. The van der Waals surface area contributed by atoms with E-state index in [9.17, 15) is 4.79 Å². The molecular formula is C22H28N2O. The second-order valence-corrected chi connectivity index (χ2v) is 7.06. The Hall–Kier alpha value is -2.29. The van der Waals surface area contributed by atoms with E-state index in [2.05, 4.69) is 60.8 Å². The molecule has 2 aromatic rings. The first-order valence-corrected chi connectivity index (χ1v) is 9.36. The molecule has 3 nitrogen and oxygen atoms in total. The first kappa shape index (κ1) is 17.5. The van der Waals surface area contributed by atoms with Crippen LogP contribution in [0.2, 0.25) is 0 Å². The number of rotatable bonds is 5. The fourth-order valence-electron chi connectivity index (χ4n) is 3.54. The molecule has 1 N–H and O–H groups in total. The van der Waals surface area contributed by atoms with E-state index in [-0.39, 0.29) is 6.03 Å². The zero-order chi connectivity index (χ0) is 17.5. The number of carbonyl (C=O) groups is 1. The van der Waals surface area contributed by atoms with Gasteiger partial charge in [-0.1, -0.05) is 67.6 Å². The van der Waals surface area contributed by atoms with Crippen LogP contribution in [0, 0.1) is 5.92 Å². The average molecular weight is 336 g/mol. The van der Waals surface area contributed by atoms with Crippen LogP contribution in [0.5, 0.6) is 0 Å². The van der Waals surface area contributed by atoms with Crippen molar-refractivity contribution >= 4 is 6.03 Å². The fourth-order valence-corrected chi connectivity index (χ4v) is 3.54. The van der Waals surface area contributed by atoms with Crippen LogP contribution in [0.15, 0.2) is 60.7 Å². The van der Waals surface area contributed by atoms with Crippen molar-refractivity contribution in [1.82, 2.24) is 10.2 Å². The highest BCUT2D eigenvalue weighted by Gasteiger charge is 2.20. The van der Waals surface area contributed by atoms with Crippen LogP contribution in [0.25, 0.3) is 0 Å². The molecule has 25 heavy (non-hydrogen) atoms. The van der Waals surface area contributed by atoms with Crippen molar-refractivity contribution < 1.29 is 4.79 Å². The van der Waals surface area contributed by atoms with Gasteiger partial charge in [0.1, 0.15) is 0 Å². The summed E-state index contributed by atoms with van der Waals surface area (Å²) >= 11 is 0. The lowest BCUT2D eigenvalue weighted by molar-refractivity contribution is 0.174. The molecule has 3 heteroatoms. The number of amides is 2. The van der Waals surface area contributed by atoms with Crippen molar-refractivity contribution in [2.45, 2.75) is 32.1 Å². The molecule has 132 valence electrons. The van der Waals surface area contributed by atoms with Crippen molar-refractivity contribution in [3.8, 4) is 0 Å². The van der Waals surface area contributed by atoms with Gasteiger partial charge in [-0.15, -0.1) is 0 Å².